The van der Waals surface area contributed by atoms with Crippen LogP contribution in [0.4, 0.5) is 0 Å². The van der Waals surface area contributed by atoms with Crippen LogP contribution in [0.3, 0.4) is 0 Å². The Labute approximate surface area is 146 Å². The molecule has 0 bridgehead atoms. The Morgan fingerprint density at radius 1 is 1.32 bits per heavy atom. The Kier molecular flexibility index (Phi) is 4.94. The van der Waals surface area contributed by atoms with Crippen molar-refractivity contribution in [1.82, 2.24) is 15.5 Å². The van der Waals surface area contributed by atoms with Crippen molar-refractivity contribution in [3.05, 3.63) is 30.0 Å². The van der Waals surface area contributed by atoms with Gasteiger partial charge in [0, 0.05) is 24.2 Å². The number of carboxylic acids is 1. The summed E-state index contributed by atoms with van der Waals surface area (Å²) in [5, 5.41) is 19.9. The van der Waals surface area contributed by atoms with Crippen LogP contribution in [0.2, 0.25) is 0 Å². The number of carboxylic acid groups (broad SMARTS) is 1. The summed E-state index contributed by atoms with van der Waals surface area (Å²) in [4.78, 5) is 11.6. The van der Waals surface area contributed by atoms with Crippen molar-refractivity contribution < 1.29 is 19.4 Å². The first-order chi connectivity index (χ1) is 12.1. The summed E-state index contributed by atoms with van der Waals surface area (Å²) in [5.41, 5.74) is 2.09. The summed E-state index contributed by atoms with van der Waals surface area (Å²) in [7, 11) is 0. The molecule has 0 saturated heterocycles. The van der Waals surface area contributed by atoms with Gasteiger partial charge in [0.15, 0.2) is 11.5 Å². The lowest BCUT2D eigenvalue weighted by atomic mass is 9.82. The van der Waals surface area contributed by atoms with E-state index in [0.29, 0.717) is 31.7 Å². The normalized spacial score (nSPS) is 13.2. The molecule has 0 atom stereocenters. The number of carbonyl (C=O) groups is 1. The van der Waals surface area contributed by atoms with Crippen molar-refractivity contribution >= 4 is 5.97 Å². The molecular weight excluding hydrogens is 322 g/mol. The van der Waals surface area contributed by atoms with Gasteiger partial charge in [0.2, 0.25) is 6.79 Å². The molecule has 2 heterocycles. The highest BCUT2D eigenvalue weighted by Crippen LogP contribution is 2.36. The second-order valence-corrected chi connectivity index (χ2v) is 6.23. The van der Waals surface area contributed by atoms with Crippen molar-refractivity contribution in [3.63, 3.8) is 0 Å². The van der Waals surface area contributed by atoms with E-state index in [4.69, 9.17) is 9.47 Å². The van der Waals surface area contributed by atoms with Gasteiger partial charge in [0.25, 0.3) is 0 Å². The zero-order valence-electron chi connectivity index (χ0n) is 14.5. The number of ether oxygens (including phenoxy) is 2. The molecule has 0 fully saturated rings. The zero-order valence-corrected chi connectivity index (χ0v) is 14.5. The van der Waals surface area contributed by atoms with Crippen LogP contribution in [-0.4, -0.2) is 34.6 Å². The van der Waals surface area contributed by atoms with E-state index in [2.05, 4.69) is 15.5 Å². The Bertz CT molecular complexity index is 753. The maximum absolute atomic E-state index is 11.6. The minimum atomic E-state index is -0.756. The third-order valence-electron chi connectivity index (χ3n) is 4.97. The molecule has 25 heavy (non-hydrogen) atoms. The van der Waals surface area contributed by atoms with Crippen LogP contribution < -0.4 is 14.8 Å². The molecule has 1 aromatic carbocycles. The molecule has 1 aliphatic rings. The van der Waals surface area contributed by atoms with Crippen LogP contribution in [0, 0.1) is 5.41 Å². The van der Waals surface area contributed by atoms with E-state index in [1.165, 1.54) is 0 Å². The van der Waals surface area contributed by atoms with Gasteiger partial charge in [-0.3, -0.25) is 9.89 Å². The lowest BCUT2D eigenvalue weighted by Crippen LogP contribution is -2.40. The largest absolute Gasteiger partial charge is 0.481 e. The highest BCUT2D eigenvalue weighted by Gasteiger charge is 2.34. The Balaban J connectivity index is 1.71. The van der Waals surface area contributed by atoms with Gasteiger partial charge in [-0.2, -0.15) is 5.10 Å². The second-order valence-electron chi connectivity index (χ2n) is 6.23. The van der Waals surface area contributed by atoms with Gasteiger partial charge in [0.05, 0.1) is 17.3 Å². The average Bonchev–Trinajstić information content (AvgIpc) is 3.27. The van der Waals surface area contributed by atoms with E-state index >= 15 is 0 Å². The quantitative estimate of drug-likeness (QED) is 0.681. The summed E-state index contributed by atoms with van der Waals surface area (Å²) in [6, 6.07) is 5.74. The van der Waals surface area contributed by atoms with E-state index < -0.39 is 11.4 Å². The van der Waals surface area contributed by atoms with Gasteiger partial charge < -0.3 is 19.9 Å². The maximum Gasteiger partial charge on any atom is 0.310 e. The molecule has 1 aromatic heterocycles. The van der Waals surface area contributed by atoms with Crippen molar-refractivity contribution in [2.45, 2.75) is 33.2 Å². The summed E-state index contributed by atoms with van der Waals surface area (Å²) in [6.07, 6.45) is 2.94. The van der Waals surface area contributed by atoms with Crippen LogP contribution in [0.1, 0.15) is 32.3 Å². The minimum Gasteiger partial charge on any atom is -0.481 e. The molecule has 0 spiro atoms. The fourth-order valence-electron chi connectivity index (χ4n) is 3.06. The molecule has 3 N–H and O–H groups in total. The van der Waals surface area contributed by atoms with Gasteiger partial charge in [-0.1, -0.05) is 13.8 Å². The Morgan fingerprint density at radius 3 is 2.80 bits per heavy atom. The molecule has 0 radical (unpaired) electrons. The summed E-state index contributed by atoms with van der Waals surface area (Å²) in [5.74, 6) is 0.695. The predicted molar refractivity (Wildman–Crippen MR) is 92.5 cm³/mol. The molecule has 0 amide bonds. The van der Waals surface area contributed by atoms with E-state index in [1.807, 2.05) is 32.0 Å². The summed E-state index contributed by atoms with van der Waals surface area (Å²) >= 11 is 0. The molecule has 7 nitrogen and oxygen atoms in total. The molecule has 0 unspecified atom stereocenters. The molecule has 1 aliphatic heterocycles. The second kappa shape index (κ2) is 7.14. The molecule has 3 rings (SSSR count). The Morgan fingerprint density at radius 2 is 2.08 bits per heavy atom. The number of H-pyrrole nitrogens is 1. The molecule has 134 valence electrons. The fourth-order valence-corrected chi connectivity index (χ4v) is 3.06. The summed E-state index contributed by atoms with van der Waals surface area (Å²) in [6.45, 7) is 5.02. The first kappa shape index (κ1) is 17.3. The molecule has 0 saturated carbocycles. The molecule has 2 aromatic rings. The van der Waals surface area contributed by atoms with Crippen molar-refractivity contribution in [2.75, 3.05) is 13.3 Å². The fraction of sp³-hybridized carbons (Fsp3) is 0.444. The maximum atomic E-state index is 11.6. The van der Waals surface area contributed by atoms with Gasteiger partial charge in [-0.25, -0.2) is 0 Å². The van der Waals surface area contributed by atoms with Crippen molar-refractivity contribution in [2.24, 2.45) is 5.41 Å². The summed E-state index contributed by atoms with van der Waals surface area (Å²) < 4.78 is 10.8. The Hall–Kier alpha value is -2.54. The molecule has 7 heteroatoms. The number of aromatic nitrogens is 2. The van der Waals surface area contributed by atoms with E-state index in [1.54, 1.807) is 6.20 Å². The number of hydrogen-bond acceptors (Lipinski definition) is 5. The highest BCUT2D eigenvalue weighted by atomic mass is 16.7. The smallest absolute Gasteiger partial charge is 0.310 e. The van der Waals surface area contributed by atoms with Crippen molar-refractivity contribution in [1.29, 1.82) is 0 Å². The van der Waals surface area contributed by atoms with Crippen LogP contribution >= 0.6 is 0 Å². The average molecular weight is 345 g/mol. The number of aromatic amines is 1. The highest BCUT2D eigenvalue weighted by molar-refractivity contribution is 5.74. The third kappa shape index (κ3) is 3.32. The number of hydrogen-bond donors (Lipinski definition) is 3. The SMILES string of the molecule is CCC(CC)(CNCc1cn[nH]c1-c1ccc2c(c1)OCO2)C(=O)O. The zero-order chi connectivity index (χ0) is 17.9. The number of aliphatic carboxylic acids is 1. The van der Waals surface area contributed by atoms with Crippen LogP contribution in [0.15, 0.2) is 24.4 Å². The van der Waals surface area contributed by atoms with E-state index in [-0.39, 0.29) is 6.79 Å². The van der Waals surface area contributed by atoms with Crippen LogP contribution in [0.25, 0.3) is 11.3 Å². The van der Waals surface area contributed by atoms with Crippen LogP contribution in [-0.2, 0) is 11.3 Å². The lowest BCUT2D eigenvalue weighted by molar-refractivity contribution is -0.149. The van der Waals surface area contributed by atoms with E-state index in [9.17, 15) is 9.90 Å². The minimum absolute atomic E-state index is 0.238. The monoisotopic (exact) mass is 345 g/mol. The van der Waals surface area contributed by atoms with Crippen LogP contribution in [0.5, 0.6) is 11.5 Å². The van der Waals surface area contributed by atoms with Gasteiger partial charge in [0.1, 0.15) is 0 Å². The molecular formula is C18H23N3O4. The first-order valence-corrected chi connectivity index (χ1v) is 8.46. The topological polar surface area (TPSA) is 96.5 Å². The number of nitrogens with one attached hydrogen (secondary N) is 2. The predicted octanol–water partition coefficient (Wildman–Crippen LogP) is 2.79. The van der Waals surface area contributed by atoms with Gasteiger partial charge in [-0.15, -0.1) is 0 Å². The first-order valence-electron chi connectivity index (χ1n) is 8.46. The van der Waals surface area contributed by atoms with Crippen molar-refractivity contribution in [3.8, 4) is 22.8 Å². The van der Waals surface area contributed by atoms with Gasteiger partial charge >= 0.3 is 5.97 Å². The van der Waals surface area contributed by atoms with Gasteiger partial charge in [-0.05, 0) is 31.0 Å². The lowest BCUT2D eigenvalue weighted by Gasteiger charge is -2.27. The number of benzene rings is 1. The number of nitrogens with zero attached hydrogens (tertiary/aromatic N) is 1. The molecule has 0 aliphatic carbocycles. The van der Waals surface area contributed by atoms with E-state index in [0.717, 1.165) is 22.6 Å². The standard InChI is InChI=1S/C18H23N3O4/c1-3-18(4-2,17(22)23)10-19-8-13-9-20-21-16(13)12-5-6-14-15(7-12)25-11-24-14/h5-7,9,19H,3-4,8,10-11H2,1-2H3,(H,20,21)(H,22,23). The third-order valence-corrected chi connectivity index (χ3v) is 4.97. The number of fused-ring (bicyclic) bond motifs is 1. The number of rotatable bonds is 8.